The lowest BCUT2D eigenvalue weighted by Gasteiger charge is -2.32. The molecule has 256 valence electrons. The number of sulfonamides is 2. The Morgan fingerprint density at radius 1 is 0.833 bits per heavy atom. The van der Waals surface area contributed by atoms with Gasteiger partial charge < -0.3 is 15.4 Å². The van der Waals surface area contributed by atoms with Gasteiger partial charge in [0.25, 0.3) is 0 Å². The summed E-state index contributed by atoms with van der Waals surface area (Å²) in [6.07, 6.45) is 5.78. The SMILES string of the molecule is CS(=O)(=O)Nc1ccc(Oc2ccc(CN3CCC(c4ccc(NC(=O)Nc5ccc(F)c(NS(C)(=O)=O)c5)cc4)CC3)cn2)cc1.Cl. The molecular formula is C32H36ClFN6O6S2. The van der Waals surface area contributed by atoms with Crippen LogP contribution in [0, 0.1) is 5.82 Å². The lowest BCUT2D eigenvalue weighted by Crippen LogP contribution is -2.32. The van der Waals surface area contributed by atoms with Crippen LogP contribution in [0.15, 0.2) is 85.1 Å². The van der Waals surface area contributed by atoms with Crippen molar-refractivity contribution >= 4 is 61.2 Å². The van der Waals surface area contributed by atoms with Gasteiger partial charge in [0.15, 0.2) is 0 Å². The van der Waals surface area contributed by atoms with E-state index in [4.69, 9.17) is 4.74 Å². The van der Waals surface area contributed by atoms with Gasteiger partial charge in [0.2, 0.25) is 25.9 Å². The number of aromatic nitrogens is 1. The predicted molar refractivity (Wildman–Crippen MR) is 188 cm³/mol. The molecule has 0 aliphatic carbocycles. The van der Waals surface area contributed by atoms with Crippen molar-refractivity contribution in [1.29, 1.82) is 0 Å². The van der Waals surface area contributed by atoms with Crippen LogP contribution in [-0.4, -0.2) is 58.4 Å². The number of amides is 2. The number of nitrogens with zero attached hydrogens (tertiary/aromatic N) is 2. The van der Waals surface area contributed by atoms with Crippen molar-refractivity contribution in [2.45, 2.75) is 25.3 Å². The Balaban J connectivity index is 0.00000520. The maximum absolute atomic E-state index is 13.9. The predicted octanol–water partition coefficient (Wildman–Crippen LogP) is 6.20. The zero-order chi connectivity index (χ0) is 33.6. The molecule has 48 heavy (non-hydrogen) atoms. The van der Waals surface area contributed by atoms with Crippen molar-refractivity contribution in [3.05, 3.63) is 102 Å². The van der Waals surface area contributed by atoms with Gasteiger partial charge in [-0.05, 0) is 97.6 Å². The van der Waals surface area contributed by atoms with Crippen molar-refractivity contribution < 1.29 is 30.8 Å². The van der Waals surface area contributed by atoms with Crippen LogP contribution >= 0.6 is 12.4 Å². The summed E-state index contributed by atoms with van der Waals surface area (Å²) in [5, 5.41) is 5.32. The van der Waals surface area contributed by atoms with E-state index < -0.39 is 31.9 Å². The molecule has 2 heterocycles. The number of hydrogen-bond acceptors (Lipinski definition) is 8. The number of piperidine rings is 1. The Labute approximate surface area is 285 Å². The third-order valence-electron chi connectivity index (χ3n) is 7.33. The van der Waals surface area contributed by atoms with Gasteiger partial charge in [-0.1, -0.05) is 18.2 Å². The molecule has 0 atom stereocenters. The van der Waals surface area contributed by atoms with Crippen molar-refractivity contribution in [2.75, 3.05) is 45.7 Å². The highest BCUT2D eigenvalue weighted by molar-refractivity contribution is 7.92. The van der Waals surface area contributed by atoms with Crippen LogP contribution in [0.4, 0.5) is 31.9 Å². The van der Waals surface area contributed by atoms with Gasteiger partial charge >= 0.3 is 6.03 Å². The molecule has 12 nitrogen and oxygen atoms in total. The second-order valence-electron chi connectivity index (χ2n) is 11.3. The average molecular weight is 719 g/mol. The highest BCUT2D eigenvalue weighted by atomic mass is 35.5. The first-order chi connectivity index (χ1) is 22.3. The van der Waals surface area contributed by atoms with Crippen molar-refractivity contribution in [2.24, 2.45) is 0 Å². The first kappa shape index (κ1) is 36.4. The van der Waals surface area contributed by atoms with Gasteiger partial charge in [0.1, 0.15) is 11.6 Å². The Morgan fingerprint density at radius 2 is 1.44 bits per heavy atom. The molecular weight excluding hydrogens is 683 g/mol. The number of ether oxygens (including phenoxy) is 1. The van der Waals surface area contributed by atoms with Gasteiger partial charge in [-0.3, -0.25) is 14.3 Å². The number of rotatable bonds is 11. The van der Waals surface area contributed by atoms with E-state index in [2.05, 4.69) is 30.0 Å². The molecule has 1 aliphatic rings. The fourth-order valence-electron chi connectivity index (χ4n) is 5.19. The third kappa shape index (κ3) is 11.1. The zero-order valence-corrected chi connectivity index (χ0v) is 28.6. The van der Waals surface area contributed by atoms with Gasteiger partial charge in [0, 0.05) is 35.9 Å². The number of carbonyl (C=O) groups is 1. The van der Waals surface area contributed by atoms with E-state index in [0.717, 1.165) is 56.6 Å². The number of carbonyl (C=O) groups excluding carboxylic acids is 1. The topological polar surface area (TPSA) is 159 Å². The molecule has 5 rings (SSSR count). The standard InChI is InChI=1S/C32H35FN6O6S2.ClH/c1-46(41,42)37-26-8-11-28(12-9-26)45-31-14-3-22(20-34-31)21-39-17-15-24(16-18-39)23-4-6-25(7-5-23)35-32(40)36-27-10-13-29(33)30(19-27)38-47(2,43)44;/h3-14,19-20,24,37-38H,15-18,21H2,1-2H3,(H2,35,36,40);1H. The Kier molecular flexibility index (Phi) is 11.9. The molecule has 1 saturated heterocycles. The van der Waals surface area contributed by atoms with Crippen LogP contribution in [-0.2, 0) is 26.6 Å². The first-order valence-electron chi connectivity index (χ1n) is 14.7. The number of urea groups is 1. The monoisotopic (exact) mass is 718 g/mol. The van der Waals surface area contributed by atoms with E-state index in [0.29, 0.717) is 28.9 Å². The van der Waals surface area contributed by atoms with E-state index in [1.807, 2.05) is 36.4 Å². The first-order valence-corrected chi connectivity index (χ1v) is 18.4. The summed E-state index contributed by atoms with van der Waals surface area (Å²) in [5.74, 6) is 0.622. The number of benzene rings is 3. The summed E-state index contributed by atoms with van der Waals surface area (Å²) in [6, 6.07) is 21.1. The summed E-state index contributed by atoms with van der Waals surface area (Å²) >= 11 is 0. The van der Waals surface area contributed by atoms with Gasteiger partial charge in [0.05, 0.1) is 18.2 Å². The van der Waals surface area contributed by atoms with E-state index in [9.17, 15) is 26.0 Å². The highest BCUT2D eigenvalue weighted by Gasteiger charge is 2.21. The van der Waals surface area contributed by atoms with Crippen LogP contribution in [0.25, 0.3) is 0 Å². The molecule has 3 aromatic carbocycles. The number of anilines is 4. The minimum absolute atomic E-state index is 0. The maximum Gasteiger partial charge on any atom is 0.323 e. The smallest absolute Gasteiger partial charge is 0.323 e. The third-order valence-corrected chi connectivity index (χ3v) is 8.53. The Hall–Kier alpha value is -4.44. The maximum atomic E-state index is 13.9. The van der Waals surface area contributed by atoms with Crippen LogP contribution in [0.5, 0.6) is 11.6 Å². The fourth-order valence-corrected chi connectivity index (χ4v) is 6.31. The van der Waals surface area contributed by atoms with Crippen LogP contribution < -0.4 is 24.8 Å². The molecule has 1 aliphatic heterocycles. The molecule has 0 spiro atoms. The lowest BCUT2D eigenvalue weighted by molar-refractivity contribution is 0.204. The summed E-state index contributed by atoms with van der Waals surface area (Å²) in [7, 11) is -7.03. The van der Waals surface area contributed by atoms with Crippen LogP contribution in [0.2, 0.25) is 0 Å². The summed E-state index contributed by atoms with van der Waals surface area (Å²) < 4.78 is 69.8. The largest absolute Gasteiger partial charge is 0.439 e. The molecule has 4 N–H and O–H groups in total. The second kappa shape index (κ2) is 15.6. The minimum atomic E-state index is -3.68. The second-order valence-corrected chi connectivity index (χ2v) is 14.8. The van der Waals surface area contributed by atoms with Crippen LogP contribution in [0.3, 0.4) is 0 Å². The molecule has 0 unspecified atom stereocenters. The number of halogens is 2. The van der Waals surface area contributed by atoms with E-state index in [-0.39, 0.29) is 23.8 Å². The Morgan fingerprint density at radius 3 is 2.04 bits per heavy atom. The molecule has 0 saturated carbocycles. The zero-order valence-electron chi connectivity index (χ0n) is 26.1. The van der Waals surface area contributed by atoms with Gasteiger partial charge in [-0.2, -0.15) is 0 Å². The molecule has 1 aromatic heterocycles. The molecule has 0 radical (unpaired) electrons. The van der Waals surface area contributed by atoms with Crippen molar-refractivity contribution in [3.63, 3.8) is 0 Å². The van der Waals surface area contributed by atoms with Crippen molar-refractivity contribution in [3.8, 4) is 11.6 Å². The van der Waals surface area contributed by atoms with Crippen molar-refractivity contribution in [1.82, 2.24) is 9.88 Å². The Bertz CT molecular complexity index is 1920. The average Bonchev–Trinajstić information content (AvgIpc) is 3.00. The van der Waals surface area contributed by atoms with Crippen LogP contribution in [0.1, 0.15) is 29.9 Å². The minimum Gasteiger partial charge on any atom is -0.439 e. The van der Waals surface area contributed by atoms with E-state index in [1.54, 1.807) is 30.5 Å². The molecule has 1 fully saturated rings. The van der Waals surface area contributed by atoms with Gasteiger partial charge in [-0.25, -0.2) is 31.0 Å². The van der Waals surface area contributed by atoms with E-state index >= 15 is 0 Å². The van der Waals surface area contributed by atoms with E-state index in [1.165, 1.54) is 17.7 Å². The molecule has 16 heteroatoms. The van der Waals surface area contributed by atoms with Gasteiger partial charge in [-0.15, -0.1) is 12.4 Å². The molecule has 0 bridgehead atoms. The summed E-state index contributed by atoms with van der Waals surface area (Å²) in [4.78, 5) is 19.3. The molecule has 4 aromatic rings. The molecule has 2 amide bonds. The number of pyridine rings is 1. The number of hydrogen-bond donors (Lipinski definition) is 4. The summed E-state index contributed by atoms with van der Waals surface area (Å²) in [6.45, 7) is 2.61. The number of likely N-dealkylation sites (tertiary alicyclic amines) is 1. The normalized spacial score (nSPS) is 14.0. The fraction of sp³-hybridized carbons (Fsp3) is 0.250. The number of nitrogens with one attached hydrogen (secondary N) is 4. The highest BCUT2D eigenvalue weighted by Crippen LogP contribution is 2.30. The summed E-state index contributed by atoms with van der Waals surface area (Å²) in [5.41, 5.74) is 3.27. The lowest BCUT2D eigenvalue weighted by atomic mass is 9.89. The quantitative estimate of drug-likeness (QED) is 0.143.